The van der Waals surface area contributed by atoms with Crippen molar-refractivity contribution in [3.8, 4) is 5.75 Å². The van der Waals surface area contributed by atoms with Gasteiger partial charge in [0.1, 0.15) is 24.2 Å². The summed E-state index contributed by atoms with van der Waals surface area (Å²) in [6.45, 7) is -0.574. The van der Waals surface area contributed by atoms with E-state index in [0.717, 1.165) is 0 Å². The zero-order valence-electron chi connectivity index (χ0n) is 8.83. The van der Waals surface area contributed by atoms with E-state index in [1.165, 1.54) is 25.3 Å². The molecule has 5 nitrogen and oxygen atoms in total. The number of carbonyl (C=O) groups is 1. The highest BCUT2D eigenvalue weighted by Gasteiger charge is 2.21. The van der Waals surface area contributed by atoms with Crippen molar-refractivity contribution in [3.63, 3.8) is 0 Å². The highest BCUT2D eigenvalue weighted by molar-refractivity contribution is 5.75. The van der Waals surface area contributed by atoms with Gasteiger partial charge >= 0.3 is 0 Å². The second-order valence-corrected chi connectivity index (χ2v) is 3.31. The fraction of sp³-hybridized carbons (Fsp3) is 0.364. The van der Waals surface area contributed by atoms with Crippen molar-refractivity contribution < 1.29 is 24.9 Å². The van der Waals surface area contributed by atoms with Crippen molar-refractivity contribution in [3.05, 3.63) is 29.3 Å². The Hall–Kier alpha value is -1.43. The van der Waals surface area contributed by atoms with Crippen LogP contribution in [0.25, 0.3) is 0 Å². The summed E-state index contributed by atoms with van der Waals surface area (Å²) in [6.07, 6.45) is -1.98. The highest BCUT2D eigenvalue weighted by Crippen LogP contribution is 2.27. The lowest BCUT2D eigenvalue weighted by Gasteiger charge is -2.18. The van der Waals surface area contributed by atoms with Gasteiger partial charge in [0.2, 0.25) is 0 Å². The topological polar surface area (TPSA) is 87.0 Å². The number of ether oxygens (including phenoxy) is 1. The molecule has 5 heteroatoms. The Balaban J connectivity index is 3.12. The number of rotatable bonds is 5. The van der Waals surface area contributed by atoms with Gasteiger partial charge in [-0.15, -0.1) is 0 Å². The van der Waals surface area contributed by atoms with E-state index in [1.807, 2.05) is 0 Å². The Morgan fingerprint density at radius 1 is 1.44 bits per heavy atom. The number of carbonyl (C=O) groups excluding carboxylic acids is 1. The van der Waals surface area contributed by atoms with E-state index in [-0.39, 0.29) is 5.56 Å². The smallest absolute Gasteiger partial charge is 0.150 e. The van der Waals surface area contributed by atoms with Gasteiger partial charge in [-0.3, -0.25) is 4.79 Å². The zero-order chi connectivity index (χ0) is 12.1. The van der Waals surface area contributed by atoms with Gasteiger partial charge in [-0.1, -0.05) is 0 Å². The number of aliphatic hydroxyl groups is 3. The van der Waals surface area contributed by atoms with E-state index < -0.39 is 18.8 Å². The van der Waals surface area contributed by atoms with Crippen molar-refractivity contribution in [1.29, 1.82) is 0 Å². The van der Waals surface area contributed by atoms with E-state index in [2.05, 4.69) is 0 Å². The fourth-order valence-corrected chi connectivity index (χ4v) is 1.36. The molecule has 3 N–H and O–H groups in total. The van der Waals surface area contributed by atoms with Crippen molar-refractivity contribution >= 4 is 6.29 Å². The van der Waals surface area contributed by atoms with Crippen LogP contribution in [-0.4, -0.2) is 41.4 Å². The van der Waals surface area contributed by atoms with Crippen LogP contribution in [0.15, 0.2) is 18.2 Å². The van der Waals surface area contributed by atoms with Crippen molar-refractivity contribution in [2.75, 3.05) is 13.7 Å². The fourth-order valence-electron chi connectivity index (χ4n) is 1.36. The van der Waals surface area contributed by atoms with Crippen LogP contribution in [0.4, 0.5) is 0 Å². The van der Waals surface area contributed by atoms with E-state index in [0.29, 0.717) is 17.6 Å². The molecule has 0 aliphatic rings. The van der Waals surface area contributed by atoms with Crippen molar-refractivity contribution in [2.24, 2.45) is 0 Å². The predicted molar refractivity (Wildman–Crippen MR) is 56.4 cm³/mol. The van der Waals surface area contributed by atoms with Gasteiger partial charge < -0.3 is 20.1 Å². The normalized spacial score (nSPS) is 14.2. The number of methoxy groups -OCH3 is 1. The maximum absolute atomic E-state index is 10.6. The van der Waals surface area contributed by atoms with Crippen LogP contribution in [0, 0.1) is 0 Å². The first kappa shape index (κ1) is 12.6. The quantitative estimate of drug-likeness (QED) is 0.610. The Morgan fingerprint density at radius 3 is 2.62 bits per heavy atom. The van der Waals surface area contributed by atoms with Gasteiger partial charge in [0.15, 0.2) is 0 Å². The van der Waals surface area contributed by atoms with Crippen LogP contribution in [-0.2, 0) is 0 Å². The molecule has 2 unspecified atom stereocenters. The minimum absolute atomic E-state index is 0.272. The van der Waals surface area contributed by atoms with Gasteiger partial charge in [0.05, 0.1) is 13.7 Å². The minimum atomic E-state index is -1.31. The summed E-state index contributed by atoms with van der Waals surface area (Å²) in [4.78, 5) is 10.6. The molecule has 0 fully saturated rings. The number of aliphatic hydroxyl groups excluding tert-OH is 3. The summed E-state index contributed by atoms with van der Waals surface area (Å²) in [5.74, 6) is 0.352. The van der Waals surface area contributed by atoms with Gasteiger partial charge in [-0.05, 0) is 18.2 Å². The molecule has 1 aromatic rings. The van der Waals surface area contributed by atoms with E-state index in [1.54, 1.807) is 0 Å². The Morgan fingerprint density at radius 2 is 2.12 bits per heavy atom. The number of aldehydes is 1. The Labute approximate surface area is 92.9 Å². The first-order chi connectivity index (χ1) is 7.63. The lowest BCUT2D eigenvalue weighted by Crippen LogP contribution is -2.22. The molecule has 0 bridgehead atoms. The molecule has 88 valence electrons. The molecule has 0 saturated heterocycles. The maximum atomic E-state index is 10.6. The lowest BCUT2D eigenvalue weighted by molar-refractivity contribution is -0.0162. The molecular weight excluding hydrogens is 212 g/mol. The zero-order valence-corrected chi connectivity index (χ0v) is 8.83. The molecule has 0 spiro atoms. The Kier molecular flexibility index (Phi) is 4.42. The third kappa shape index (κ3) is 2.57. The van der Waals surface area contributed by atoms with Crippen molar-refractivity contribution in [1.82, 2.24) is 0 Å². The molecule has 0 heterocycles. The predicted octanol–water partition coefficient (Wildman–Crippen LogP) is -0.106. The van der Waals surface area contributed by atoms with Crippen LogP contribution in [0.3, 0.4) is 0 Å². The summed E-state index contributed by atoms with van der Waals surface area (Å²) in [5.41, 5.74) is 0.633. The van der Waals surface area contributed by atoms with Crippen LogP contribution in [0.5, 0.6) is 5.75 Å². The summed E-state index contributed by atoms with van der Waals surface area (Å²) in [5, 5.41) is 27.8. The number of benzene rings is 1. The van der Waals surface area contributed by atoms with Crippen LogP contribution >= 0.6 is 0 Å². The molecular formula is C11H14O5. The highest BCUT2D eigenvalue weighted by atomic mass is 16.5. The standard InChI is InChI=1S/C11H14O5/c1-16-10-3-2-7(5-12)4-8(10)11(15)9(14)6-13/h2-5,9,11,13-15H,6H2,1H3. The van der Waals surface area contributed by atoms with Gasteiger partial charge in [0.25, 0.3) is 0 Å². The molecule has 0 aliphatic carbocycles. The molecule has 0 amide bonds. The summed E-state index contributed by atoms with van der Waals surface area (Å²) in [6, 6.07) is 4.47. The molecule has 1 aromatic carbocycles. The van der Waals surface area contributed by atoms with Gasteiger partial charge in [0, 0.05) is 11.1 Å². The average molecular weight is 226 g/mol. The van der Waals surface area contributed by atoms with Crippen LogP contribution in [0.2, 0.25) is 0 Å². The summed E-state index contributed by atoms with van der Waals surface area (Å²) in [7, 11) is 1.41. The van der Waals surface area contributed by atoms with Gasteiger partial charge in [-0.25, -0.2) is 0 Å². The summed E-state index contributed by atoms with van der Waals surface area (Å²) < 4.78 is 4.99. The van der Waals surface area contributed by atoms with Crippen LogP contribution < -0.4 is 4.74 Å². The van der Waals surface area contributed by atoms with Crippen molar-refractivity contribution in [2.45, 2.75) is 12.2 Å². The van der Waals surface area contributed by atoms with Gasteiger partial charge in [-0.2, -0.15) is 0 Å². The SMILES string of the molecule is COc1ccc(C=O)cc1C(O)C(O)CO. The molecule has 16 heavy (non-hydrogen) atoms. The Bertz CT molecular complexity index is 363. The maximum Gasteiger partial charge on any atom is 0.150 e. The third-order valence-corrected chi connectivity index (χ3v) is 2.26. The molecule has 0 aliphatic heterocycles. The minimum Gasteiger partial charge on any atom is -0.496 e. The average Bonchev–Trinajstić information content (AvgIpc) is 2.35. The monoisotopic (exact) mass is 226 g/mol. The van der Waals surface area contributed by atoms with E-state index >= 15 is 0 Å². The number of hydrogen-bond donors (Lipinski definition) is 3. The third-order valence-electron chi connectivity index (χ3n) is 2.26. The summed E-state index contributed by atoms with van der Waals surface area (Å²) >= 11 is 0. The first-order valence-corrected chi connectivity index (χ1v) is 4.74. The van der Waals surface area contributed by atoms with Crippen LogP contribution in [0.1, 0.15) is 22.0 Å². The number of hydrogen-bond acceptors (Lipinski definition) is 5. The van der Waals surface area contributed by atoms with E-state index in [4.69, 9.17) is 9.84 Å². The first-order valence-electron chi connectivity index (χ1n) is 4.74. The molecule has 0 radical (unpaired) electrons. The lowest BCUT2D eigenvalue weighted by atomic mass is 10.0. The second-order valence-electron chi connectivity index (χ2n) is 3.31. The molecule has 0 saturated carbocycles. The molecule has 2 atom stereocenters. The van der Waals surface area contributed by atoms with E-state index in [9.17, 15) is 15.0 Å². The molecule has 1 rings (SSSR count). The second kappa shape index (κ2) is 5.60. The largest absolute Gasteiger partial charge is 0.496 e. The molecule has 0 aromatic heterocycles.